The first kappa shape index (κ1) is 58.9. The largest absolute Gasteiger partial charge is 0.444 e. The van der Waals surface area contributed by atoms with E-state index in [4.69, 9.17) is 42.1 Å². The summed E-state index contributed by atoms with van der Waals surface area (Å²) in [5.74, 6) is 0.666. The third-order valence-corrected chi connectivity index (χ3v) is 15.5. The van der Waals surface area contributed by atoms with E-state index < -0.39 is 50.1 Å². The van der Waals surface area contributed by atoms with Crippen LogP contribution in [-0.2, 0) is 52.2 Å². The molecule has 4 aromatic rings. The van der Waals surface area contributed by atoms with Crippen molar-refractivity contribution in [1.82, 2.24) is 37.6 Å². The van der Waals surface area contributed by atoms with Crippen LogP contribution in [0.5, 0.6) is 0 Å². The number of aromatic nitrogens is 4. The fourth-order valence-electron chi connectivity index (χ4n) is 8.26. The number of piperidine rings is 2. The number of carbonyl (C=O) groups excluding carboxylic acids is 3. The number of hydrogen-bond acceptors (Lipinski definition) is 15. The predicted octanol–water partition coefficient (Wildman–Crippen LogP) is 6.65. The maximum atomic E-state index is 13.5. The topological polar surface area (TPSA) is 229 Å². The molecule has 2 atom stereocenters. The summed E-state index contributed by atoms with van der Waals surface area (Å²) < 4.78 is 79.3. The number of benzene rings is 2. The fourth-order valence-corrected chi connectivity index (χ4v) is 10.6. The number of amides is 2. The highest BCUT2D eigenvalue weighted by atomic mass is 35.5. The molecule has 0 unspecified atom stereocenters. The molecule has 2 aromatic carbocycles. The number of methoxy groups -OCH3 is 2. The van der Waals surface area contributed by atoms with Crippen LogP contribution in [0.2, 0.25) is 10.0 Å². The van der Waals surface area contributed by atoms with Gasteiger partial charge in [-0.15, -0.1) is 8.17 Å². The van der Waals surface area contributed by atoms with Gasteiger partial charge < -0.3 is 39.4 Å². The lowest BCUT2D eigenvalue weighted by molar-refractivity contribution is -0.109. The second-order valence-corrected chi connectivity index (χ2v) is 24.7. The van der Waals surface area contributed by atoms with Crippen LogP contribution in [-0.4, -0.2) is 154 Å². The van der Waals surface area contributed by atoms with Gasteiger partial charge in [-0.25, -0.2) is 9.59 Å². The van der Waals surface area contributed by atoms with E-state index in [1.807, 2.05) is 40.1 Å². The lowest BCUT2D eigenvalue weighted by Crippen LogP contribution is -2.50. The average Bonchev–Trinajstić information content (AvgIpc) is 3.87. The van der Waals surface area contributed by atoms with Gasteiger partial charge in [0.1, 0.15) is 34.2 Å². The smallest absolute Gasteiger partial charge is 0.407 e. The molecule has 6 rings (SSSR count). The molecular formula is C48H70Cl2N10O11S2. The first-order valence-corrected chi connectivity index (χ1v) is 27.2. The van der Waals surface area contributed by atoms with Crippen molar-refractivity contribution in [3.63, 3.8) is 0 Å². The molecule has 2 aliphatic rings. The number of ether oxygens (including phenoxy) is 4. The van der Waals surface area contributed by atoms with Crippen molar-refractivity contribution in [3.05, 3.63) is 92.2 Å². The van der Waals surface area contributed by atoms with Crippen LogP contribution in [0.3, 0.4) is 0 Å². The number of rotatable bonds is 16. The molecule has 0 bridgehead atoms. The van der Waals surface area contributed by atoms with E-state index in [1.54, 1.807) is 59.7 Å². The number of aldehydes is 1. The Labute approximate surface area is 439 Å². The average molecular weight is 1100 g/mol. The van der Waals surface area contributed by atoms with Gasteiger partial charge in [0.25, 0.3) is 0 Å². The molecule has 404 valence electrons. The Hall–Kier alpha value is -5.01. The highest BCUT2D eigenvalue weighted by Crippen LogP contribution is 2.37. The minimum atomic E-state index is -4.04. The van der Waals surface area contributed by atoms with E-state index >= 15 is 0 Å². The van der Waals surface area contributed by atoms with Gasteiger partial charge in [-0.3, -0.25) is 4.79 Å². The van der Waals surface area contributed by atoms with Crippen LogP contribution in [0, 0.1) is 0 Å². The van der Waals surface area contributed by atoms with Crippen LogP contribution < -0.4 is 20.4 Å². The first-order valence-electron chi connectivity index (χ1n) is 23.7. The second kappa shape index (κ2) is 24.6. The van der Waals surface area contributed by atoms with Gasteiger partial charge >= 0.3 is 32.6 Å². The summed E-state index contributed by atoms with van der Waals surface area (Å²) in [6, 6.07) is 14.0. The summed E-state index contributed by atoms with van der Waals surface area (Å²) in [6.45, 7) is 12.5. The Kier molecular flexibility index (Phi) is 19.8. The van der Waals surface area contributed by atoms with E-state index in [0.717, 1.165) is 34.3 Å². The van der Waals surface area contributed by atoms with Crippen molar-refractivity contribution in [2.75, 3.05) is 78.4 Å². The number of nitrogens with zero attached hydrogens (tertiary/aromatic N) is 8. The molecule has 0 saturated carbocycles. The molecule has 2 saturated heterocycles. The zero-order chi connectivity index (χ0) is 54.2. The summed E-state index contributed by atoms with van der Waals surface area (Å²) >= 11 is 12.9. The van der Waals surface area contributed by atoms with Crippen LogP contribution in [0.4, 0.5) is 21.2 Å². The lowest BCUT2D eigenvalue weighted by Gasteiger charge is -2.35. The predicted molar refractivity (Wildman–Crippen MR) is 280 cm³/mol. The number of alkyl carbamates (subject to hydrolysis) is 2. The standard InChI is InChI=1S/C25H38ClN5O6S.C23H32ClN5O5S/c1-25(2,3)37-24(32)27-18-12-10-14-30(16-18)22-19(15-17-11-8-9-13-20(17)26)21(23(35-6)36-7)28-31(22)38(33,34)29(4)5;1-23(2,3)34-22(31)25-17-10-8-12-28(14-17)21-18(13-16-9-6-7-11-19(16)24)20(15-30)26-29(21)35(32,33)27(4)5/h8-9,11,13,18,23H,10,12,14-16H2,1-7H3,(H,27,32);6-7,9,11,15,17H,8,10,12-14H2,1-5H3,(H,25,31)/t18-;17-/m11/s1. The molecule has 73 heavy (non-hydrogen) atoms. The number of hydrogen-bond donors (Lipinski definition) is 2. The van der Waals surface area contributed by atoms with E-state index in [2.05, 4.69) is 20.8 Å². The fraction of sp³-hybridized carbons (Fsp3) is 0.562. The SMILES string of the molecule is CN(C)S(=O)(=O)n1nc(C=O)c(Cc2ccccc2Cl)c1N1CCC[C@@H](NC(=O)OC(C)(C)C)C1.COC(OC)c1nn(S(=O)(=O)N(C)C)c(N2CCC[C@@H](NC(=O)OC(C)(C)C)C2)c1Cc1ccccc1Cl. The van der Waals surface area contributed by atoms with Crippen LogP contribution in [0.1, 0.15) is 112 Å². The first-order chi connectivity index (χ1) is 34.1. The highest BCUT2D eigenvalue weighted by Gasteiger charge is 2.37. The number of nitrogens with one attached hydrogen (secondary N) is 2. The maximum Gasteiger partial charge on any atom is 0.407 e. The molecule has 2 aromatic heterocycles. The van der Waals surface area contributed by atoms with Crippen molar-refractivity contribution in [3.8, 4) is 0 Å². The molecule has 2 N–H and O–H groups in total. The van der Waals surface area contributed by atoms with Crippen LogP contribution in [0.25, 0.3) is 0 Å². The minimum Gasteiger partial charge on any atom is -0.444 e. The molecule has 0 radical (unpaired) electrons. The van der Waals surface area contributed by atoms with Gasteiger partial charge in [0.05, 0.1) is 0 Å². The van der Waals surface area contributed by atoms with E-state index in [9.17, 15) is 31.2 Å². The Morgan fingerprint density at radius 1 is 0.699 bits per heavy atom. The Morgan fingerprint density at radius 2 is 1.10 bits per heavy atom. The molecule has 0 spiro atoms. The van der Waals surface area contributed by atoms with E-state index in [-0.39, 0.29) is 36.4 Å². The molecule has 25 heteroatoms. The van der Waals surface area contributed by atoms with E-state index in [0.29, 0.717) is 84.4 Å². The molecular weight excluding hydrogens is 1030 g/mol. The van der Waals surface area contributed by atoms with Gasteiger partial charge in [0.2, 0.25) is 6.29 Å². The number of halogens is 2. The lowest BCUT2D eigenvalue weighted by atomic mass is 10.0. The van der Waals surface area contributed by atoms with Crippen molar-refractivity contribution >= 4 is 73.7 Å². The minimum absolute atomic E-state index is 0.0209. The Morgan fingerprint density at radius 3 is 1.48 bits per heavy atom. The van der Waals surface area contributed by atoms with Crippen LogP contribution in [0.15, 0.2) is 48.5 Å². The molecule has 2 aliphatic heterocycles. The van der Waals surface area contributed by atoms with Crippen LogP contribution >= 0.6 is 23.2 Å². The van der Waals surface area contributed by atoms with Crippen molar-refractivity contribution in [2.45, 2.75) is 110 Å². The third-order valence-electron chi connectivity index (χ3n) is 11.6. The molecule has 2 fully saturated rings. The van der Waals surface area contributed by atoms with Gasteiger partial charge in [0.15, 0.2) is 6.29 Å². The summed E-state index contributed by atoms with van der Waals surface area (Å²) in [4.78, 5) is 40.6. The summed E-state index contributed by atoms with van der Waals surface area (Å²) in [7, 11) is 0.550. The van der Waals surface area contributed by atoms with Crippen molar-refractivity contribution in [1.29, 1.82) is 0 Å². The molecule has 21 nitrogen and oxygen atoms in total. The quantitative estimate of drug-likeness (QED) is 0.0884. The van der Waals surface area contributed by atoms with Gasteiger partial charge in [0, 0.05) is 115 Å². The number of carbonyl (C=O) groups is 3. The van der Waals surface area contributed by atoms with Crippen molar-refractivity contribution in [2.24, 2.45) is 0 Å². The second-order valence-electron chi connectivity index (χ2n) is 20.0. The Balaban J connectivity index is 0.000000272. The van der Waals surface area contributed by atoms with Crippen molar-refractivity contribution < 1.29 is 50.2 Å². The zero-order valence-corrected chi connectivity index (χ0v) is 46.8. The summed E-state index contributed by atoms with van der Waals surface area (Å²) in [6.07, 6.45) is 1.91. The monoisotopic (exact) mass is 1100 g/mol. The normalized spacial score (nSPS) is 16.8. The zero-order valence-electron chi connectivity index (χ0n) is 43.6. The van der Waals surface area contributed by atoms with E-state index in [1.165, 1.54) is 42.4 Å². The molecule has 2 amide bonds. The summed E-state index contributed by atoms with van der Waals surface area (Å²) in [5, 5.41) is 15.5. The highest BCUT2D eigenvalue weighted by molar-refractivity contribution is 7.87. The molecule has 0 aliphatic carbocycles. The van der Waals surface area contributed by atoms with Gasteiger partial charge in [-0.2, -0.15) is 35.6 Å². The number of anilines is 2. The third kappa shape index (κ3) is 15.1. The Bertz CT molecular complexity index is 2790. The van der Waals surface area contributed by atoms with Gasteiger partial charge in [-0.05, 0) is 90.5 Å². The van der Waals surface area contributed by atoms with Gasteiger partial charge in [-0.1, -0.05) is 59.6 Å². The molecule has 4 heterocycles. The summed E-state index contributed by atoms with van der Waals surface area (Å²) in [5.41, 5.74) is 1.67. The maximum absolute atomic E-state index is 13.5.